The second kappa shape index (κ2) is 6.14. The maximum absolute atomic E-state index is 6.21. The monoisotopic (exact) mass is 373 g/mol. The van der Waals surface area contributed by atoms with E-state index in [4.69, 9.17) is 5.73 Å². The molecule has 1 aromatic carbocycles. The van der Waals surface area contributed by atoms with Crippen molar-refractivity contribution < 1.29 is 0 Å². The Hall–Kier alpha value is -0.160. The van der Waals surface area contributed by atoms with Crippen molar-refractivity contribution in [2.24, 2.45) is 5.73 Å². The second-order valence-electron chi connectivity index (χ2n) is 3.93. The van der Waals surface area contributed by atoms with Crippen LogP contribution in [0, 0.1) is 0 Å². The van der Waals surface area contributed by atoms with Crippen LogP contribution >= 0.6 is 43.2 Å². The van der Waals surface area contributed by atoms with Crippen molar-refractivity contribution in [3.05, 3.63) is 55.1 Å². The van der Waals surface area contributed by atoms with Gasteiger partial charge in [0.15, 0.2) is 0 Å². The van der Waals surface area contributed by atoms with Crippen LogP contribution in [0.5, 0.6) is 0 Å². The lowest BCUT2D eigenvalue weighted by Gasteiger charge is -2.12. The SMILES string of the molecule is NC(CCc1cccs1)c1cc(Br)cc(Br)c1. The number of halogens is 2. The summed E-state index contributed by atoms with van der Waals surface area (Å²) in [7, 11) is 0. The average Bonchev–Trinajstić information content (AvgIpc) is 2.77. The Labute approximate surface area is 122 Å². The summed E-state index contributed by atoms with van der Waals surface area (Å²) in [6.07, 6.45) is 2.02. The van der Waals surface area contributed by atoms with E-state index in [1.807, 2.05) is 6.07 Å². The van der Waals surface area contributed by atoms with Crippen LogP contribution in [0.25, 0.3) is 0 Å². The van der Waals surface area contributed by atoms with E-state index in [0.717, 1.165) is 21.8 Å². The van der Waals surface area contributed by atoms with Gasteiger partial charge in [-0.15, -0.1) is 11.3 Å². The van der Waals surface area contributed by atoms with Gasteiger partial charge in [-0.3, -0.25) is 0 Å². The highest BCUT2D eigenvalue weighted by molar-refractivity contribution is 9.11. The van der Waals surface area contributed by atoms with Crippen LogP contribution < -0.4 is 5.73 Å². The van der Waals surface area contributed by atoms with E-state index >= 15 is 0 Å². The van der Waals surface area contributed by atoms with E-state index in [0.29, 0.717) is 0 Å². The highest BCUT2D eigenvalue weighted by Crippen LogP contribution is 2.26. The summed E-state index contributed by atoms with van der Waals surface area (Å²) in [5.74, 6) is 0. The zero-order valence-electron chi connectivity index (χ0n) is 9.20. The molecule has 90 valence electrons. The molecule has 0 saturated carbocycles. The lowest BCUT2D eigenvalue weighted by Crippen LogP contribution is -2.11. The van der Waals surface area contributed by atoms with Crippen LogP contribution in [-0.2, 0) is 6.42 Å². The first-order valence-corrected chi connectivity index (χ1v) is 7.85. The fraction of sp³-hybridized carbons (Fsp3) is 0.231. The predicted octanol–water partition coefficient (Wildman–Crippen LogP) is 4.91. The molecule has 0 spiro atoms. The molecule has 1 nitrogen and oxygen atoms in total. The molecule has 0 aliphatic heterocycles. The van der Waals surface area contributed by atoms with Gasteiger partial charge >= 0.3 is 0 Å². The Morgan fingerprint density at radius 1 is 1.18 bits per heavy atom. The molecule has 0 bridgehead atoms. The van der Waals surface area contributed by atoms with Gasteiger partial charge in [-0.25, -0.2) is 0 Å². The molecule has 1 aromatic heterocycles. The number of benzene rings is 1. The lowest BCUT2D eigenvalue weighted by atomic mass is 10.0. The van der Waals surface area contributed by atoms with Gasteiger partial charge < -0.3 is 5.73 Å². The first-order chi connectivity index (χ1) is 8.15. The maximum atomic E-state index is 6.21. The molecule has 17 heavy (non-hydrogen) atoms. The highest BCUT2D eigenvalue weighted by Gasteiger charge is 2.08. The van der Waals surface area contributed by atoms with Crippen molar-refractivity contribution >= 4 is 43.2 Å². The van der Waals surface area contributed by atoms with Crippen LogP contribution in [0.3, 0.4) is 0 Å². The van der Waals surface area contributed by atoms with Crippen LogP contribution in [0.4, 0.5) is 0 Å². The first kappa shape index (κ1) is 13.3. The van der Waals surface area contributed by atoms with Gasteiger partial charge in [0.1, 0.15) is 0 Å². The lowest BCUT2D eigenvalue weighted by molar-refractivity contribution is 0.655. The van der Waals surface area contributed by atoms with Gasteiger partial charge in [-0.2, -0.15) is 0 Å². The summed E-state index contributed by atoms with van der Waals surface area (Å²) >= 11 is 8.77. The molecule has 0 radical (unpaired) electrons. The molecule has 4 heteroatoms. The Bertz CT molecular complexity index is 462. The highest BCUT2D eigenvalue weighted by atomic mass is 79.9. The Balaban J connectivity index is 2.01. The van der Waals surface area contributed by atoms with E-state index < -0.39 is 0 Å². The molecule has 0 saturated heterocycles. The van der Waals surface area contributed by atoms with Crippen molar-refractivity contribution in [2.45, 2.75) is 18.9 Å². The predicted molar refractivity (Wildman–Crippen MR) is 81.4 cm³/mol. The van der Waals surface area contributed by atoms with Crippen molar-refractivity contribution in [3.63, 3.8) is 0 Å². The van der Waals surface area contributed by atoms with Gasteiger partial charge in [0.05, 0.1) is 0 Å². The van der Waals surface area contributed by atoms with Gasteiger partial charge in [0, 0.05) is 19.9 Å². The third-order valence-electron chi connectivity index (χ3n) is 2.59. The molecule has 0 fully saturated rings. The number of hydrogen-bond donors (Lipinski definition) is 1. The molecule has 2 aromatic rings. The smallest absolute Gasteiger partial charge is 0.0299 e. The number of nitrogens with two attached hydrogens (primary N) is 1. The molecule has 0 amide bonds. The number of aryl methyl sites for hydroxylation is 1. The zero-order chi connectivity index (χ0) is 12.3. The fourth-order valence-corrected chi connectivity index (χ4v) is 3.76. The molecule has 2 rings (SSSR count). The van der Waals surface area contributed by atoms with E-state index in [9.17, 15) is 0 Å². The summed E-state index contributed by atoms with van der Waals surface area (Å²) < 4.78 is 2.13. The van der Waals surface area contributed by atoms with E-state index in [2.05, 4.69) is 61.5 Å². The standard InChI is InChI=1S/C13H13Br2NS/c14-10-6-9(7-11(15)8-10)13(16)4-3-12-2-1-5-17-12/h1-2,5-8,13H,3-4,16H2. The Morgan fingerprint density at radius 3 is 2.47 bits per heavy atom. The number of hydrogen-bond acceptors (Lipinski definition) is 2. The largest absolute Gasteiger partial charge is 0.324 e. The number of thiophene rings is 1. The van der Waals surface area contributed by atoms with Crippen molar-refractivity contribution in [1.82, 2.24) is 0 Å². The summed E-state index contributed by atoms with van der Waals surface area (Å²) in [5.41, 5.74) is 7.38. The molecule has 1 heterocycles. The van der Waals surface area contributed by atoms with Gasteiger partial charge in [0.2, 0.25) is 0 Å². The molecule has 1 unspecified atom stereocenters. The first-order valence-electron chi connectivity index (χ1n) is 5.39. The Kier molecular flexibility index (Phi) is 4.79. The number of rotatable bonds is 4. The van der Waals surface area contributed by atoms with Crippen molar-refractivity contribution in [3.8, 4) is 0 Å². The summed E-state index contributed by atoms with van der Waals surface area (Å²) in [5, 5.41) is 2.11. The van der Waals surface area contributed by atoms with Gasteiger partial charge in [-0.1, -0.05) is 37.9 Å². The summed E-state index contributed by atoms with van der Waals surface area (Å²) in [6, 6.07) is 10.5. The topological polar surface area (TPSA) is 26.0 Å². The van der Waals surface area contributed by atoms with Gasteiger partial charge in [0.25, 0.3) is 0 Å². The minimum atomic E-state index is 0.0888. The normalized spacial score (nSPS) is 12.6. The van der Waals surface area contributed by atoms with Crippen LogP contribution in [0.2, 0.25) is 0 Å². The molecule has 2 N–H and O–H groups in total. The third kappa shape index (κ3) is 3.91. The minimum Gasteiger partial charge on any atom is -0.324 e. The second-order valence-corrected chi connectivity index (χ2v) is 6.79. The average molecular weight is 375 g/mol. The van der Waals surface area contributed by atoms with E-state index in [-0.39, 0.29) is 6.04 Å². The maximum Gasteiger partial charge on any atom is 0.0299 e. The Morgan fingerprint density at radius 2 is 1.88 bits per heavy atom. The van der Waals surface area contributed by atoms with Gasteiger partial charge in [-0.05, 0) is 48.1 Å². The van der Waals surface area contributed by atoms with Crippen LogP contribution in [-0.4, -0.2) is 0 Å². The molecule has 1 atom stereocenters. The quantitative estimate of drug-likeness (QED) is 0.808. The van der Waals surface area contributed by atoms with Crippen molar-refractivity contribution in [1.29, 1.82) is 0 Å². The summed E-state index contributed by atoms with van der Waals surface area (Å²) in [4.78, 5) is 1.40. The molecule has 0 aliphatic rings. The minimum absolute atomic E-state index is 0.0888. The molecule has 0 aliphatic carbocycles. The molecular weight excluding hydrogens is 362 g/mol. The fourth-order valence-electron chi connectivity index (χ4n) is 1.71. The van der Waals surface area contributed by atoms with Crippen LogP contribution in [0.1, 0.15) is 22.9 Å². The summed E-state index contributed by atoms with van der Waals surface area (Å²) in [6.45, 7) is 0. The van der Waals surface area contributed by atoms with Crippen molar-refractivity contribution in [2.75, 3.05) is 0 Å². The van der Waals surface area contributed by atoms with E-state index in [1.54, 1.807) is 11.3 Å². The molecular formula is C13H13Br2NS. The van der Waals surface area contributed by atoms with Crippen LogP contribution in [0.15, 0.2) is 44.7 Å². The van der Waals surface area contributed by atoms with E-state index in [1.165, 1.54) is 10.4 Å². The zero-order valence-corrected chi connectivity index (χ0v) is 13.2. The third-order valence-corrected chi connectivity index (χ3v) is 4.45.